The molecule has 2 nitrogen and oxygen atoms in total. The second-order valence-corrected chi connectivity index (χ2v) is 3.40. The number of aryl methyl sites for hydroxylation is 1. The molecule has 0 fully saturated rings. The molecule has 0 N–H and O–H groups in total. The Balaban J connectivity index is 2.30. The van der Waals surface area contributed by atoms with E-state index in [0.717, 1.165) is 12.8 Å². The lowest BCUT2D eigenvalue weighted by Gasteiger charge is -2.11. The van der Waals surface area contributed by atoms with E-state index in [2.05, 4.69) is 12.2 Å². The predicted octanol–water partition coefficient (Wildman–Crippen LogP) is 2.57. The van der Waals surface area contributed by atoms with Crippen molar-refractivity contribution in [2.24, 2.45) is 0 Å². The molecule has 2 rings (SSSR count). The number of carbonyl (C=O) groups is 1. The number of esters is 1. The van der Waals surface area contributed by atoms with Crippen LogP contribution in [-0.2, 0) is 11.2 Å². The largest absolute Gasteiger partial charge is 0.427 e. The summed E-state index contributed by atoms with van der Waals surface area (Å²) in [6, 6.07) is 5.76. The first-order valence-electron chi connectivity index (χ1n) is 4.73. The van der Waals surface area contributed by atoms with Crippen LogP contribution in [-0.4, -0.2) is 5.97 Å². The first-order valence-corrected chi connectivity index (χ1v) is 4.73. The number of ether oxygens (including phenoxy) is 1. The van der Waals surface area contributed by atoms with Gasteiger partial charge in [-0.05, 0) is 36.1 Å². The van der Waals surface area contributed by atoms with Gasteiger partial charge in [0.25, 0.3) is 0 Å². The zero-order valence-electron chi connectivity index (χ0n) is 8.12. The number of rotatable bonds is 1. The van der Waals surface area contributed by atoms with Crippen molar-refractivity contribution >= 4 is 12.0 Å². The molecular formula is C12H12O2. The Morgan fingerprint density at radius 1 is 1.43 bits per heavy atom. The zero-order chi connectivity index (χ0) is 9.97. The van der Waals surface area contributed by atoms with Crippen molar-refractivity contribution in [1.82, 2.24) is 0 Å². The fourth-order valence-electron chi connectivity index (χ4n) is 1.64. The maximum Gasteiger partial charge on any atom is 0.308 e. The number of carbonyl (C=O) groups excluding carboxylic acids is 1. The molecule has 0 bridgehead atoms. The Kier molecular flexibility index (Phi) is 2.35. The highest BCUT2D eigenvalue weighted by molar-refractivity contribution is 5.70. The maximum atomic E-state index is 10.7. The molecule has 72 valence electrons. The Morgan fingerprint density at radius 3 is 3.07 bits per heavy atom. The normalized spacial score (nSPS) is 13.5. The molecule has 0 radical (unpaired) electrons. The summed E-state index contributed by atoms with van der Waals surface area (Å²) in [5.74, 6) is 0.378. The van der Waals surface area contributed by atoms with Crippen LogP contribution < -0.4 is 4.74 Å². The summed E-state index contributed by atoms with van der Waals surface area (Å²) in [5.41, 5.74) is 2.48. The number of fused-ring (bicyclic) bond motifs is 1. The summed E-state index contributed by atoms with van der Waals surface area (Å²) in [6.45, 7) is 1.42. The molecule has 0 heterocycles. The third-order valence-electron chi connectivity index (χ3n) is 2.25. The Morgan fingerprint density at radius 2 is 2.29 bits per heavy atom. The fourth-order valence-corrected chi connectivity index (χ4v) is 1.64. The number of allylic oxidation sites excluding steroid dienone is 1. The molecule has 0 aliphatic heterocycles. The van der Waals surface area contributed by atoms with Gasteiger partial charge in [-0.15, -0.1) is 0 Å². The Hall–Kier alpha value is -1.57. The van der Waals surface area contributed by atoms with E-state index in [1.807, 2.05) is 18.2 Å². The van der Waals surface area contributed by atoms with Crippen LogP contribution in [0, 0.1) is 0 Å². The molecule has 1 aliphatic rings. The first-order chi connectivity index (χ1) is 6.75. The average Bonchev–Trinajstić information content (AvgIpc) is 2.17. The third kappa shape index (κ3) is 1.84. The molecule has 2 heteroatoms. The molecule has 1 aromatic carbocycles. The van der Waals surface area contributed by atoms with Gasteiger partial charge in [-0.25, -0.2) is 0 Å². The van der Waals surface area contributed by atoms with Crippen molar-refractivity contribution in [1.29, 1.82) is 0 Å². The molecule has 0 unspecified atom stereocenters. The van der Waals surface area contributed by atoms with Gasteiger partial charge < -0.3 is 4.74 Å². The van der Waals surface area contributed by atoms with E-state index >= 15 is 0 Å². The van der Waals surface area contributed by atoms with Gasteiger partial charge in [0.1, 0.15) is 5.75 Å². The average molecular weight is 188 g/mol. The van der Waals surface area contributed by atoms with E-state index < -0.39 is 0 Å². The van der Waals surface area contributed by atoms with Gasteiger partial charge in [0.15, 0.2) is 0 Å². The number of benzene rings is 1. The summed E-state index contributed by atoms with van der Waals surface area (Å²) in [5, 5.41) is 0. The molecule has 0 amide bonds. The lowest BCUT2D eigenvalue weighted by molar-refractivity contribution is -0.131. The van der Waals surface area contributed by atoms with E-state index in [1.165, 1.54) is 18.1 Å². The second-order valence-electron chi connectivity index (χ2n) is 3.40. The van der Waals surface area contributed by atoms with Crippen LogP contribution in [0.15, 0.2) is 24.3 Å². The van der Waals surface area contributed by atoms with Gasteiger partial charge in [-0.2, -0.15) is 0 Å². The summed E-state index contributed by atoms with van der Waals surface area (Å²) in [4.78, 5) is 10.7. The van der Waals surface area contributed by atoms with E-state index in [0.29, 0.717) is 5.75 Å². The van der Waals surface area contributed by atoms with Gasteiger partial charge in [-0.1, -0.05) is 18.2 Å². The minimum absolute atomic E-state index is 0.267. The zero-order valence-corrected chi connectivity index (χ0v) is 8.12. The van der Waals surface area contributed by atoms with Gasteiger partial charge in [-0.3, -0.25) is 4.79 Å². The molecule has 0 saturated carbocycles. The van der Waals surface area contributed by atoms with Crippen molar-refractivity contribution in [3.05, 3.63) is 35.4 Å². The summed E-state index contributed by atoms with van der Waals surface area (Å²) < 4.78 is 5.02. The Bertz CT molecular complexity index is 391. The molecule has 14 heavy (non-hydrogen) atoms. The van der Waals surface area contributed by atoms with Gasteiger partial charge in [0.05, 0.1) is 0 Å². The predicted molar refractivity (Wildman–Crippen MR) is 55.1 cm³/mol. The second kappa shape index (κ2) is 3.66. The van der Waals surface area contributed by atoms with Crippen LogP contribution >= 0.6 is 0 Å². The lowest BCUT2D eigenvalue weighted by atomic mass is 9.97. The maximum absolute atomic E-state index is 10.7. The third-order valence-corrected chi connectivity index (χ3v) is 2.25. The van der Waals surface area contributed by atoms with Crippen LogP contribution in [0.1, 0.15) is 24.5 Å². The highest BCUT2D eigenvalue weighted by Gasteiger charge is 2.06. The standard InChI is InChI=1S/C12H12O2/c1-9(13)14-12-7-6-10-4-2-3-5-11(10)8-12/h2,4,6-8H,3,5H2,1H3. The number of hydrogen-bond donors (Lipinski definition) is 0. The van der Waals surface area contributed by atoms with Crippen LogP contribution in [0.2, 0.25) is 0 Å². The summed E-state index contributed by atoms with van der Waals surface area (Å²) in [6.07, 6.45) is 6.36. The van der Waals surface area contributed by atoms with Gasteiger partial charge in [0.2, 0.25) is 0 Å². The van der Waals surface area contributed by atoms with Crippen LogP contribution in [0.4, 0.5) is 0 Å². The van der Waals surface area contributed by atoms with Crippen molar-refractivity contribution in [3.8, 4) is 5.75 Å². The molecule has 0 saturated heterocycles. The van der Waals surface area contributed by atoms with Gasteiger partial charge in [0, 0.05) is 6.92 Å². The monoisotopic (exact) mass is 188 g/mol. The molecule has 0 atom stereocenters. The van der Waals surface area contributed by atoms with E-state index in [-0.39, 0.29) is 5.97 Å². The summed E-state index contributed by atoms with van der Waals surface area (Å²) in [7, 11) is 0. The molecule has 1 aromatic rings. The molecule has 0 aromatic heterocycles. The molecular weight excluding hydrogens is 176 g/mol. The van der Waals surface area contributed by atoms with Crippen molar-refractivity contribution in [3.63, 3.8) is 0 Å². The highest BCUT2D eigenvalue weighted by atomic mass is 16.5. The topological polar surface area (TPSA) is 26.3 Å². The van der Waals surface area contributed by atoms with Crippen molar-refractivity contribution < 1.29 is 9.53 Å². The Labute approximate surface area is 83.2 Å². The van der Waals surface area contributed by atoms with E-state index in [9.17, 15) is 4.79 Å². The van der Waals surface area contributed by atoms with E-state index in [1.54, 1.807) is 0 Å². The lowest BCUT2D eigenvalue weighted by Crippen LogP contribution is -2.02. The van der Waals surface area contributed by atoms with Crippen LogP contribution in [0.3, 0.4) is 0 Å². The molecule has 1 aliphatic carbocycles. The molecule has 0 spiro atoms. The quantitative estimate of drug-likeness (QED) is 0.500. The first kappa shape index (κ1) is 9.00. The fraction of sp³-hybridized carbons (Fsp3) is 0.250. The van der Waals surface area contributed by atoms with E-state index in [4.69, 9.17) is 4.74 Å². The SMILES string of the molecule is CC(=O)Oc1ccc2c(c1)CCC=C2. The smallest absolute Gasteiger partial charge is 0.308 e. The minimum atomic E-state index is -0.267. The highest BCUT2D eigenvalue weighted by Crippen LogP contribution is 2.23. The number of hydrogen-bond acceptors (Lipinski definition) is 2. The van der Waals surface area contributed by atoms with Crippen molar-refractivity contribution in [2.45, 2.75) is 19.8 Å². The summed E-state index contributed by atoms with van der Waals surface area (Å²) >= 11 is 0. The van der Waals surface area contributed by atoms with Crippen LogP contribution in [0.25, 0.3) is 6.08 Å². The van der Waals surface area contributed by atoms with Gasteiger partial charge >= 0.3 is 5.97 Å². The van der Waals surface area contributed by atoms with Crippen molar-refractivity contribution in [2.75, 3.05) is 0 Å². The van der Waals surface area contributed by atoms with Crippen LogP contribution in [0.5, 0.6) is 5.75 Å². The minimum Gasteiger partial charge on any atom is -0.427 e.